The first-order valence-corrected chi connectivity index (χ1v) is 8.03. The number of nitrogens with zero attached hydrogens (tertiary/aromatic N) is 3. The second-order valence-corrected chi connectivity index (χ2v) is 6.48. The van der Waals surface area contributed by atoms with Gasteiger partial charge in [0.1, 0.15) is 12.4 Å². The summed E-state index contributed by atoms with van der Waals surface area (Å²) in [6.45, 7) is 8.14. The molecule has 0 N–H and O–H groups in total. The molecule has 0 atom stereocenters. The summed E-state index contributed by atoms with van der Waals surface area (Å²) in [6.07, 6.45) is 1.84. The van der Waals surface area contributed by atoms with Crippen molar-refractivity contribution in [2.24, 2.45) is 4.99 Å². The number of hydrogen-bond acceptors (Lipinski definition) is 4. The van der Waals surface area contributed by atoms with E-state index in [1.54, 1.807) is 7.05 Å². The van der Waals surface area contributed by atoms with E-state index in [-0.39, 0.29) is 17.7 Å². The van der Waals surface area contributed by atoms with Crippen molar-refractivity contribution in [1.29, 1.82) is 0 Å². The van der Waals surface area contributed by atoms with E-state index in [2.05, 4.69) is 35.6 Å². The minimum Gasteiger partial charge on any atom is -0.473 e. The van der Waals surface area contributed by atoms with Crippen molar-refractivity contribution < 1.29 is 13.5 Å². The molecule has 0 amide bonds. The predicted molar refractivity (Wildman–Crippen MR) is 91.7 cm³/mol. The fourth-order valence-corrected chi connectivity index (χ4v) is 3.13. The molecule has 0 bridgehead atoms. The monoisotopic (exact) mass is 337 g/mol. The zero-order valence-corrected chi connectivity index (χ0v) is 14.9. The van der Waals surface area contributed by atoms with E-state index in [0.717, 1.165) is 25.0 Å². The van der Waals surface area contributed by atoms with Crippen LogP contribution < -0.4 is 0 Å². The lowest BCUT2D eigenvalue weighted by Gasteiger charge is -2.31. The van der Waals surface area contributed by atoms with E-state index in [1.165, 1.54) is 12.1 Å². The molecule has 132 valence electrons. The maximum Gasteiger partial charge on any atom is 0.212 e. The topological polar surface area (TPSA) is 28.1 Å². The van der Waals surface area contributed by atoms with Gasteiger partial charge in [-0.3, -0.25) is 4.99 Å². The average Bonchev–Trinajstić information content (AvgIpc) is 2.74. The number of hydrogen-bond donors (Lipinski definition) is 0. The molecule has 24 heavy (non-hydrogen) atoms. The van der Waals surface area contributed by atoms with Gasteiger partial charge in [-0.25, -0.2) is 8.78 Å². The van der Waals surface area contributed by atoms with Gasteiger partial charge in [-0.1, -0.05) is 12.1 Å². The Bertz CT molecular complexity index is 656. The van der Waals surface area contributed by atoms with Gasteiger partial charge in [-0.05, 0) is 26.8 Å². The quantitative estimate of drug-likeness (QED) is 0.623. The summed E-state index contributed by atoms with van der Waals surface area (Å²) < 4.78 is 32.6. The lowest BCUT2D eigenvalue weighted by Crippen LogP contribution is -2.39. The second kappa shape index (κ2) is 7.20. The van der Waals surface area contributed by atoms with Gasteiger partial charge in [0.05, 0.1) is 5.54 Å². The van der Waals surface area contributed by atoms with Crippen LogP contribution in [0.2, 0.25) is 0 Å². The average molecular weight is 337 g/mol. The summed E-state index contributed by atoms with van der Waals surface area (Å²) >= 11 is 0. The number of halogens is 2. The number of benzene rings is 1. The zero-order valence-electron chi connectivity index (χ0n) is 14.9. The molecule has 0 radical (unpaired) electrons. The molecule has 1 heterocycles. The zero-order chi connectivity index (χ0) is 17.9. The maximum absolute atomic E-state index is 13.7. The Morgan fingerprint density at radius 3 is 2.71 bits per heavy atom. The fraction of sp³-hybridized carbons (Fsp3) is 0.500. The van der Waals surface area contributed by atoms with Crippen molar-refractivity contribution in [2.75, 3.05) is 27.2 Å². The Morgan fingerprint density at radius 2 is 2.08 bits per heavy atom. The summed E-state index contributed by atoms with van der Waals surface area (Å²) in [4.78, 5) is 8.53. The molecular weight excluding hydrogens is 312 g/mol. The Balaban J connectivity index is 2.16. The molecule has 1 saturated heterocycles. The van der Waals surface area contributed by atoms with Crippen LogP contribution in [0.3, 0.4) is 0 Å². The van der Waals surface area contributed by atoms with Crippen molar-refractivity contribution in [3.05, 3.63) is 47.3 Å². The molecule has 1 aliphatic rings. The van der Waals surface area contributed by atoms with Crippen LogP contribution in [-0.4, -0.2) is 48.4 Å². The third-order valence-corrected chi connectivity index (χ3v) is 4.22. The normalized spacial score (nSPS) is 19.3. The van der Waals surface area contributed by atoms with Crippen LogP contribution in [0.25, 0.3) is 0 Å². The lowest BCUT2D eigenvalue weighted by atomic mass is 10.1. The molecule has 2 rings (SSSR count). The first-order chi connectivity index (χ1) is 11.3. The summed E-state index contributed by atoms with van der Waals surface area (Å²) in [5, 5.41) is 0. The molecule has 0 unspecified atom stereocenters. The van der Waals surface area contributed by atoms with Crippen LogP contribution in [0.5, 0.6) is 0 Å². The number of aliphatic imine (C=N–C) groups is 1. The summed E-state index contributed by atoms with van der Waals surface area (Å²) in [5.74, 6) is -0.367. The van der Waals surface area contributed by atoms with E-state index in [9.17, 15) is 8.78 Å². The lowest BCUT2D eigenvalue weighted by molar-refractivity contribution is 0.227. The number of rotatable bonds is 4. The highest BCUT2D eigenvalue weighted by atomic mass is 19.2. The summed E-state index contributed by atoms with van der Waals surface area (Å²) in [7, 11) is 3.63. The minimum absolute atomic E-state index is 0.0167. The molecular formula is C18H25F2N3O. The van der Waals surface area contributed by atoms with E-state index >= 15 is 0 Å². The van der Waals surface area contributed by atoms with Gasteiger partial charge in [-0.2, -0.15) is 0 Å². The second-order valence-electron chi connectivity index (χ2n) is 6.48. The largest absolute Gasteiger partial charge is 0.473 e. The van der Waals surface area contributed by atoms with Gasteiger partial charge >= 0.3 is 0 Å². The van der Waals surface area contributed by atoms with E-state index < -0.39 is 11.6 Å². The van der Waals surface area contributed by atoms with Crippen molar-refractivity contribution >= 4 is 5.90 Å². The van der Waals surface area contributed by atoms with Crippen molar-refractivity contribution in [1.82, 2.24) is 9.80 Å². The third-order valence-electron chi connectivity index (χ3n) is 4.22. The van der Waals surface area contributed by atoms with Gasteiger partial charge in [-0.15, -0.1) is 0 Å². The summed E-state index contributed by atoms with van der Waals surface area (Å²) in [5.41, 5.74) is 0.185. The first-order valence-electron chi connectivity index (χ1n) is 8.03. The molecule has 4 nitrogen and oxygen atoms in total. The number of ether oxygens (including phenoxy) is 1. The Hall–Kier alpha value is -2.11. The number of likely N-dealkylation sites (N-methyl/N-ethyl adjacent to an activating group) is 2. The van der Waals surface area contributed by atoms with Gasteiger partial charge in [0.25, 0.3) is 0 Å². The molecule has 0 spiro atoms. The van der Waals surface area contributed by atoms with Gasteiger partial charge in [0.2, 0.25) is 5.90 Å². The smallest absolute Gasteiger partial charge is 0.212 e. The van der Waals surface area contributed by atoms with Gasteiger partial charge in [0.15, 0.2) is 11.6 Å². The third kappa shape index (κ3) is 3.68. The van der Waals surface area contributed by atoms with Crippen molar-refractivity contribution in [2.45, 2.75) is 32.9 Å². The van der Waals surface area contributed by atoms with Crippen LogP contribution >= 0.6 is 0 Å². The molecule has 1 aromatic rings. The molecule has 1 aliphatic heterocycles. The highest BCUT2D eigenvalue weighted by molar-refractivity contribution is 5.88. The Kier molecular flexibility index (Phi) is 5.47. The van der Waals surface area contributed by atoms with Crippen LogP contribution in [0.1, 0.15) is 26.3 Å². The summed E-state index contributed by atoms with van der Waals surface area (Å²) in [6, 6.07) is 4.05. The van der Waals surface area contributed by atoms with Crippen molar-refractivity contribution in [3.63, 3.8) is 0 Å². The molecule has 6 heteroatoms. The standard InChI is InChI=1S/C18H25F2N3O/c1-6-23-16(22(5)12-18(23,2)3)10-15(21-4)24-11-13-8-7-9-14(19)17(13)20/h7-10H,6,11-12H2,1-5H3/b16-10+,21-15?. The van der Waals surface area contributed by atoms with Crippen LogP contribution in [-0.2, 0) is 11.3 Å². The highest BCUT2D eigenvalue weighted by Crippen LogP contribution is 2.30. The first kappa shape index (κ1) is 18.2. The minimum atomic E-state index is -0.880. The van der Waals surface area contributed by atoms with Crippen LogP contribution in [0.15, 0.2) is 35.1 Å². The molecule has 0 saturated carbocycles. The van der Waals surface area contributed by atoms with Crippen molar-refractivity contribution in [3.8, 4) is 0 Å². The van der Waals surface area contributed by atoms with Gasteiger partial charge < -0.3 is 14.5 Å². The predicted octanol–water partition coefficient (Wildman–Crippen LogP) is 3.40. The van der Waals surface area contributed by atoms with Gasteiger partial charge in [0, 0.05) is 38.8 Å². The van der Waals surface area contributed by atoms with E-state index in [4.69, 9.17) is 4.74 Å². The molecule has 1 fully saturated rings. The van der Waals surface area contributed by atoms with E-state index in [1.807, 2.05) is 13.1 Å². The van der Waals surface area contributed by atoms with Crippen LogP contribution in [0.4, 0.5) is 8.78 Å². The molecule has 1 aromatic carbocycles. The molecule has 0 aromatic heterocycles. The Labute approximate surface area is 142 Å². The maximum atomic E-state index is 13.7. The van der Waals surface area contributed by atoms with E-state index in [0.29, 0.717) is 5.90 Å². The Morgan fingerprint density at radius 1 is 1.38 bits per heavy atom. The SMILES string of the molecule is CCN1/C(=C/C(=NC)OCc2cccc(F)c2F)N(C)CC1(C)C. The molecule has 0 aliphatic carbocycles. The van der Waals surface area contributed by atoms with Crippen LogP contribution in [0, 0.1) is 11.6 Å². The fourth-order valence-electron chi connectivity index (χ4n) is 3.13. The highest BCUT2D eigenvalue weighted by Gasteiger charge is 2.37.